The van der Waals surface area contributed by atoms with Crippen molar-refractivity contribution in [1.82, 2.24) is 20.3 Å². The Morgan fingerprint density at radius 1 is 0.860 bits per heavy atom. The van der Waals surface area contributed by atoms with Crippen LogP contribution in [0.4, 0.5) is 10.5 Å². The molecule has 3 aromatic rings. The fourth-order valence-corrected chi connectivity index (χ4v) is 6.28. The topological polar surface area (TPSA) is 174 Å². The molecule has 1 aliphatic heterocycles. The molecular formula is C30H33N5O7S. The first-order chi connectivity index (χ1) is 20.6. The van der Waals surface area contributed by atoms with Crippen LogP contribution in [0.15, 0.2) is 89.8 Å². The second-order valence-electron chi connectivity index (χ2n) is 9.96. The summed E-state index contributed by atoms with van der Waals surface area (Å²) in [7, 11) is -4.11. The molecule has 1 fully saturated rings. The predicted octanol–water partition coefficient (Wildman–Crippen LogP) is 2.09. The van der Waals surface area contributed by atoms with Crippen LogP contribution >= 0.6 is 0 Å². The average Bonchev–Trinajstić information content (AvgIpc) is 3.51. The van der Waals surface area contributed by atoms with Gasteiger partial charge in [-0.1, -0.05) is 60.7 Å². The summed E-state index contributed by atoms with van der Waals surface area (Å²) >= 11 is 0. The van der Waals surface area contributed by atoms with Crippen LogP contribution in [0.2, 0.25) is 0 Å². The van der Waals surface area contributed by atoms with Gasteiger partial charge in [0.15, 0.2) is 0 Å². The maximum atomic E-state index is 13.4. The van der Waals surface area contributed by atoms with Crippen LogP contribution < -0.4 is 21.3 Å². The van der Waals surface area contributed by atoms with E-state index in [1.54, 1.807) is 0 Å². The number of hydrogen-bond acceptors (Lipinski definition) is 6. The van der Waals surface area contributed by atoms with Gasteiger partial charge >= 0.3 is 12.0 Å². The molecule has 0 radical (unpaired) electrons. The molecule has 5 N–H and O–H groups in total. The minimum atomic E-state index is -4.11. The molecule has 1 saturated heterocycles. The van der Waals surface area contributed by atoms with E-state index in [0.29, 0.717) is 12.1 Å². The van der Waals surface area contributed by atoms with Crippen molar-refractivity contribution < 1.29 is 32.7 Å². The molecule has 226 valence electrons. The summed E-state index contributed by atoms with van der Waals surface area (Å²) in [6, 6.07) is 20.7. The van der Waals surface area contributed by atoms with Crippen LogP contribution in [0.25, 0.3) is 0 Å². The van der Waals surface area contributed by atoms with Crippen molar-refractivity contribution in [3.05, 3.63) is 96.1 Å². The Kier molecular flexibility index (Phi) is 10.5. The lowest BCUT2D eigenvalue weighted by atomic mass is 10.1. The number of benzene rings is 3. The number of carboxylic acid groups (broad SMARTS) is 1. The van der Waals surface area contributed by atoms with E-state index in [1.807, 2.05) is 60.7 Å². The second-order valence-corrected chi connectivity index (χ2v) is 11.8. The van der Waals surface area contributed by atoms with Gasteiger partial charge in [0.1, 0.15) is 12.1 Å². The van der Waals surface area contributed by atoms with Gasteiger partial charge in [-0.2, -0.15) is 4.31 Å². The van der Waals surface area contributed by atoms with Crippen molar-refractivity contribution in [2.45, 2.75) is 42.8 Å². The molecule has 1 aliphatic rings. The van der Waals surface area contributed by atoms with Gasteiger partial charge in [-0.15, -0.1) is 0 Å². The number of urea groups is 1. The highest BCUT2D eigenvalue weighted by atomic mass is 32.2. The number of rotatable bonds is 12. The van der Waals surface area contributed by atoms with E-state index in [-0.39, 0.29) is 36.7 Å². The van der Waals surface area contributed by atoms with E-state index >= 15 is 0 Å². The number of nitrogens with one attached hydrogen (secondary N) is 4. The van der Waals surface area contributed by atoms with Gasteiger partial charge in [-0.25, -0.2) is 18.0 Å². The molecule has 4 amide bonds. The van der Waals surface area contributed by atoms with E-state index in [2.05, 4.69) is 21.3 Å². The van der Waals surface area contributed by atoms with Gasteiger partial charge in [0.05, 0.1) is 17.9 Å². The van der Waals surface area contributed by atoms with Crippen molar-refractivity contribution in [3.8, 4) is 0 Å². The molecule has 43 heavy (non-hydrogen) atoms. The third kappa shape index (κ3) is 8.63. The molecule has 1 heterocycles. The zero-order chi connectivity index (χ0) is 30.8. The summed E-state index contributed by atoms with van der Waals surface area (Å²) in [5.74, 6) is -2.41. The molecule has 13 heteroatoms. The second kappa shape index (κ2) is 14.4. The summed E-state index contributed by atoms with van der Waals surface area (Å²) in [5, 5.41) is 19.7. The largest absolute Gasteiger partial charge is 0.480 e. The van der Waals surface area contributed by atoms with Gasteiger partial charge < -0.3 is 26.4 Å². The lowest BCUT2D eigenvalue weighted by molar-refractivity contribution is -0.142. The number of anilines is 1. The van der Waals surface area contributed by atoms with E-state index in [9.17, 15) is 32.7 Å². The van der Waals surface area contributed by atoms with Crippen LogP contribution in [0, 0.1) is 0 Å². The van der Waals surface area contributed by atoms with Crippen molar-refractivity contribution in [2.24, 2.45) is 0 Å². The molecule has 0 aromatic heterocycles. The highest BCUT2D eigenvalue weighted by Crippen LogP contribution is 2.27. The smallest absolute Gasteiger partial charge is 0.328 e. The number of carbonyl (C=O) groups excluding carboxylic acids is 3. The average molecular weight is 608 g/mol. The molecule has 0 aliphatic carbocycles. The molecule has 0 saturated carbocycles. The van der Waals surface area contributed by atoms with Crippen LogP contribution in [-0.4, -0.2) is 66.8 Å². The van der Waals surface area contributed by atoms with Crippen LogP contribution in [0.1, 0.15) is 24.0 Å². The number of aliphatic carboxylic acids is 1. The Labute approximate surface area is 249 Å². The molecule has 2 unspecified atom stereocenters. The van der Waals surface area contributed by atoms with Gasteiger partial charge in [0, 0.05) is 18.8 Å². The lowest BCUT2D eigenvalue weighted by Crippen LogP contribution is -2.54. The fraction of sp³-hybridized carbons (Fsp3) is 0.267. The number of carboxylic acids is 1. The van der Waals surface area contributed by atoms with Crippen molar-refractivity contribution >= 4 is 39.5 Å². The maximum Gasteiger partial charge on any atom is 0.328 e. The molecule has 0 spiro atoms. The maximum absolute atomic E-state index is 13.4. The molecular weight excluding hydrogens is 574 g/mol. The summed E-state index contributed by atoms with van der Waals surface area (Å²) < 4.78 is 27.9. The third-order valence-corrected chi connectivity index (χ3v) is 8.76. The van der Waals surface area contributed by atoms with Gasteiger partial charge in [0.2, 0.25) is 21.8 Å². The zero-order valence-electron chi connectivity index (χ0n) is 23.2. The first kappa shape index (κ1) is 31.2. The van der Waals surface area contributed by atoms with E-state index in [1.165, 1.54) is 24.3 Å². The summed E-state index contributed by atoms with van der Waals surface area (Å²) in [6.45, 7) is -0.0980. The Morgan fingerprint density at radius 2 is 1.49 bits per heavy atom. The monoisotopic (exact) mass is 607 g/mol. The Morgan fingerprint density at radius 3 is 2.12 bits per heavy atom. The summed E-state index contributed by atoms with van der Waals surface area (Å²) in [6.07, 6.45) is 0.773. The van der Waals surface area contributed by atoms with Crippen LogP contribution in [0.5, 0.6) is 0 Å². The molecule has 4 rings (SSSR count). The first-order valence-corrected chi connectivity index (χ1v) is 15.1. The van der Waals surface area contributed by atoms with Crippen molar-refractivity contribution in [2.75, 3.05) is 18.4 Å². The SMILES string of the molecule is O=C(Cc1ccccc1)Nc1ccc(S(=O)(=O)N2CCCC2C(=O)NC(CNC(=O)NCc2ccccc2)C(=O)O)cc1. The summed E-state index contributed by atoms with van der Waals surface area (Å²) in [4.78, 5) is 49.3. The lowest BCUT2D eigenvalue weighted by Gasteiger charge is -2.25. The third-order valence-electron chi connectivity index (χ3n) is 6.84. The minimum Gasteiger partial charge on any atom is -0.480 e. The molecule has 3 aromatic carbocycles. The van der Waals surface area contributed by atoms with Crippen molar-refractivity contribution in [1.29, 1.82) is 0 Å². The molecule has 12 nitrogen and oxygen atoms in total. The highest BCUT2D eigenvalue weighted by molar-refractivity contribution is 7.89. The predicted molar refractivity (Wildman–Crippen MR) is 158 cm³/mol. The van der Waals surface area contributed by atoms with Gasteiger partial charge in [0.25, 0.3) is 0 Å². The van der Waals surface area contributed by atoms with Gasteiger partial charge in [-0.3, -0.25) is 9.59 Å². The zero-order valence-corrected chi connectivity index (χ0v) is 24.0. The fourth-order valence-electron chi connectivity index (χ4n) is 4.63. The number of sulfonamides is 1. The van der Waals surface area contributed by atoms with E-state index < -0.39 is 46.6 Å². The number of carbonyl (C=O) groups is 4. The molecule has 0 bridgehead atoms. The Balaban J connectivity index is 1.33. The highest BCUT2D eigenvalue weighted by Gasteiger charge is 2.40. The van der Waals surface area contributed by atoms with Crippen LogP contribution in [-0.2, 0) is 37.4 Å². The number of amides is 4. The summed E-state index contributed by atoms with van der Waals surface area (Å²) in [5.41, 5.74) is 2.11. The Hall–Kier alpha value is -4.75. The van der Waals surface area contributed by atoms with Gasteiger partial charge in [-0.05, 0) is 48.2 Å². The minimum absolute atomic E-state index is 0.0696. The molecule has 2 atom stereocenters. The van der Waals surface area contributed by atoms with E-state index in [0.717, 1.165) is 15.4 Å². The first-order valence-electron chi connectivity index (χ1n) is 13.7. The van der Waals surface area contributed by atoms with Crippen molar-refractivity contribution in [3.63, 3.8) is 0 Å². The Bertz CT molecular complexity index is 1530. The number of hydrogen-bond donors (Lipinski definition) is 5. The number of nitrogens with zero attached hydrogens (tertiary/aromatic N) is 1. The quantitative estimate of drug-likeness (QED) is 0.210. The standard InChI is InChI=1S/C30H33N5O7S/c36-27(18-21-8-3-1-4-9-21)33-23-13-15-24(16-14-23)43(41,42)35-17-7-12-26(35)28(37)34-25(29(38)39)20-32-30(40)31-19-22-10-5-2-6-11-22/h1-6,8-11,13-16,25-26H,7,12,17-20H2,(H,33,36)(H,34,37)(H,38,39)(H2,31,32,40). The van der Waals surface area contributed by atoms with E-state index in [4.69, 9.17) is 0 Å². The normalized spacial score (nSPS) is 15.7. The van der Waals surface area contributed by atoms with Crippen LogP contribution in [0.3, 0.4) is 0 Å².